The van der Waals surface area contributed by atoms with Crippen LogP contribution in [0.25, 0.3) is 83.1 Å². The fourth-order valence-electron chi connectivity index (χ4n) is 12.3. The Kier molecular flexibility index (Phi) is 10.8. The summed E-state index contributed by atoms with van der Waals surface area (Å²) >= 11 is 0. The summed E-state index contributed by atoms with van der Waals surface area (Å²) in [5.74, 6) is 0. The number of benzene rings is 12. The van der Waals surface area contributed by atoms with E-state index in [1.165, 1.54) is 66.3 Å². The zero-order valence-corrected chi connectivity index (χ0v) is 41.3. The number of aromatic nitrogens is 1. The van der Waals surface area contributed by atoms with Crippen molar-refractivity contribution in [1.82, 2.24) is 4.57 Å². The first-order valence-electron chi connectivity index (χ1n) is 25.9. The molecule has 13 aromatic rings. The second-order valence-corrected chi connectivity index (χ2v) is 19.5. The first kappa shape index (κ1) is 44.0. The number of fused-ring (bicyclic) bond motifs is 6. The van der Waals surface area contributed by atoms with E-state index in [-0.39, 0.29) is 0 Å². The molecule has 0 saturated carbocycles. The summed E-state index contributed by atoms with van der Waals surface area (Å²) in [5.41, 5.74) is 22.9. The molecule has 0 fully saturated rings. The van der Waals surface area contributed by atoms with Gasteiger partial charge in [0.25, 0.3) is 0 Å². The normalized spacial score (nSPS) is 12.4. The number of rotatable bonds is 10. The molecule has 352 valence electrons. The van der Waals surface area contributed by atoms with Crippen LogP contribution in [0.3, 0.4) is 0 Å². The fourth-order valence-corrected chi connectivity index (χ4v) is 12.3. The standard InChI is InChI=1S/C73H50N2/c1-6-25-51(26-7-1)59-37-16-17-39-62(59)71-60(52-27-8-2-9-28-52)41-23-45-69(71)75(58-36-22-29-53(49-58)54-47-48-68-64(50-54)61-38-19-21-44-67(61)74(68)57-34-14-5-15-35-57)70-46-24-43-66-72(70)63-40-18-20-42-65(63)73(66,55-30-10-3-11-31-55)56-32-12-4-13-33-56/h1-50H. The molecule has 0 aliphatic heterocycles. The predicted octanol–water partition coefficient (Wildman–Crippen LogP) is 19.3. The van der Waals surface area contributed by atoms with Gasteiger partial charge in [-0.1, -0.05) is 249 Å². The van der Waals surface area contributed by atoms with Gasteiger partial charge in [-0.2, -0.15) is 0 Å². The highest BCUT2D eigenvalue weighted by atomic mass is 15.1. The van der Waals surface area contributed by atoms with Crippen LogP contribution in [0.15, 0.2) is 303 Å². The van der Waals surface area contributed by atoms with Crippen LogP contribution in [-0.2, 0) is 5.41 Å². The smallest absolute Gasteiger partial charge is 0.0714 e. The number of hydrogen-bond donors (Lipinski definition) is 0. The maximum Gasteiger partial charge on any atom is 0.0714 e. The molecule has 14 rings (SSSR count). The lowest BCUT2D eigenvalue weighted by Gasteiger charge is -2.35. The van der Waals surface area contributed by atoms with Gasteiger partial charge in [0.05, 0.1) is 27.8 Å². The van der Waals surface area contributed by atoms with E-state index >= 15 is 0 Å². The Morgan fingerprint density at radius 3 is 1.47 bits per heavy atom. The monoisotopic (exact) mass is 954 g/mol. The zero-order chi connectivity index (χ0) is 49.7. The van der Waals surface area contributed by atoms with Crippen molar-refractivity contribution >= 4 is 38.9 Å². The van der Waals surface area contributed by atoms with E-state index in [4.69, 9.17) is 0 Å². The summed E-state index contributed by atoms with van der Waals surface area (Å²) in [5, 5.41) is 2.45. The van der Waals surface area contributed by atoms with E-state index in [2.05, 4.69) is 313 Å². The Labute approximate surface area is 438 Å². The molecular formula is C73H50N2. The first-order valence-corrected chi connectivity index (χ1v) is 25.9. The molecule has 1 aliphatic rings. The van der Waals surface area contributed by atoms with E-state index in [0.29, 0.717) is 0 Å². The van der Waals surface area contributed by atoms with Crippen molar-refractivity contribution in [3.05, 3.63) is 326 Å². The third kappa shape index (κ3) is 7.17. The lowest BCUT2D eigenvalue weighted by molar-refractivity contribution is 0.768. The van der Waals surface area contributed by atoms with Crippen molar-refractivity contribution < 1.29 is 0 Å². The van der Waals surface area contributed by atoms with Crippen LogP contribution < -0.4 is 4.90 Å². The molecule has 0 bridgehead atoms. The zero-order valence-electron chi connectivity index (χ0n) is 41.3. The molecule has 1 heterocycles. The van der Waals surface area contributed by atoms with Crippen LogP contribution in [0.1, 0.15) is 22.3 Å². The Bertz CT molecular complexity index is 4180. The lowest BCUT2D eigenvalue weighted by Crippen LogP contribution is -2.28. The highest BCUT2D eigenvalue weighted by molar-refractivity contribution is 6.11. The van der Waals surface area contributed by atoms with E-state index in [1.807, 2.05) is 0 Å². The van der Waals surface area contributed by atoms with Crippen LogP contribution in [0.2, 0.25) is 0 Å². The Morgan fingerprint density at radius 2 is 0.760 bits per heavy atom. The third-order valence-corrected chi connectivity index (χ3v) is 15.5. The number of hydrogen-bond acceptors (Lipinski definition) is 1. The quantitative estimate of drug-likeness (QED) is 0.133. The average Bonchev–Trinajstić information content (AvgIpc) is 4.09. The molecule has 0 unspecified atom stereocenters. The Hall–Kier alpha value is -9.76. The summed E-state index contributed by atoms with van der Waals surface area (Å²) in [4.78, 5) is 2.56. The molecule has 2 heteroatoms. The number of anilines is 3. The first-order chi connectivity index (χ1) is 37.3. The van der Waals surface area contributed by atoms with Crippen molar-refractivity contribution in [2.75, 3.05) is 4.90 Å². The highest BCUT2D eigenvalue weighted by Crippen LogP contribution is 2.60. The molecule has 0 atom stereocenters. The van der Waals surface area contributed by atoms with Gasteiger partial charge in [-0.3, -0.25) is 0 Å². The molecule has 1 aliphatic carbocycles. The van der Waals surface area contributed by atoms with Crippen molar-refractivity contribution in [3.8, 4) is 61.3 Å². The van der Waals surface area contributed by atoms with Crippen LogP contribution in [0.4, 0.5) is 17.1 Å². The minimum atomic E-state index is -0.582. The number of para-hydroxylation sites is 2. The van der Waals surface area contributed by atoms with Crippen LogP contribution in [0.5, 0.6) is 0 Å². The molecule has 2 nitrogen and oxygen atoms in total. The van der Waals surface area contributed by atoms with Gasteiger partial charge in [0, 0.05) is 33.3 Å². The largest absolute Gasteiger partial charge is 0.309 e. The van der Waals surface area contributed by atoms with Crippen molar-refractivity contribution in [1.29, 1.82) is 0 Å². The van der Waals surface area contributed by atoms with Crippen LogP contribution >= 0.6 is 0 Å². The summed E-state index contributed by atoms with van der Waals surface area (Å²) < 4.78 is 2.39. The minimum Gasteiger partial charge on any atom is -0.309 e. The maximum atomic E-state index is 2.56. The fraction of sp³-hybridized carbons (Fsp3) is 0.0137. The van der Waals surface area contributed by atoms with E-state index < -0.39 is 5.41 Å². The van der Waals surface area contributed by atoms with Crippen molar-refractivity contribution in [2.45, 2.75) is 5.41 Å². The highest BCUT2D eigenvalue weighted by Gasteiger charge is 2.47. The SMILES string of the molecule is c1ccc(-c2ccccc2-c2c(-c3ccccc3)cccc2N(c2cccc(-c3ccc4c(c3)c3ccccc3n4-c3ccccc3)c2)c2cccc3c2-c2ccccc2C3(c2ccccc2)c2ccccc2)cc1. The van der Waals surface area contributed by atoms with Gasteiger partial charge in [0.15, 0.2) is 0 Å². The molecular weight excluding hydrogens is 905 g/mol. The topological polar surface area (TPSA) is 8.17 Å². The predicted molar refractivity (Wildman–Crippen MR) is 315 cm³/mol. The molecule has 0 N–H and O–H groups in total. The van der Waals surface area contributed by atoms with E-state index in [9.17, 15) is 0 Å². The van der Waals surface area contributed by atoms with Gasteiger partial charge in [-0.05, 0) is 121 Å². The van der Waals surface area contributed by atoms with Crippen molar-refractivity contribution in [2.24, 2.45) is 0 Å². The van der Waals surface area contributed by atoms with Gasteiger partial charge in [0.1, 0.15) is 0 Å². The Balaban J connectivity index is 1.07. The molecule has 12 aromatic carbocycles. The summed E-state index contributed by atoms with van der Waals surface area (Å²) in [6, 6.07) is 112. The molecule has 0 saturated heterocycles. The van der Waals surface area contributed by atoms with Gasteiger partial charge >= 0.3 is 0 Å². The second kappa shape index (κ2) is 18.4. The molecule has 75 heavy (non-hydrogen) atoms. The second-order valence-electron chi connectivity index (χ2n) is 19.5. The van der Waals surface area contributed by atoms with Gasteiger partial charge in [-0.15, -0.1) is 0 Å². The molecule has 0 amide bonds. The third-order valence-electron chi connectivity index (χ3n) is 15.5. The van der Waals surface area contributed by atoms with Crippen molar-refractivity contribution in [3.63, 3.8) is 0 Å². The maximum absolute atomic E-state index is 2.56. The lowest BCUT2D eigenvalue weighted by atomic mass is 9.68. The van der Waals surface area contributed by atoms with Crippen LogP contribution in [0, 0.1) is 0 Å². The van der Waals surface area contributed by atoms with Crippen LogP contribution in [-0.4, -0.2) is 4.57 Å². The summed E-state index contributed by atoms with van der Waals surface area (Å²) in [6.07, 6.45) is 0. The van der Waals surface area contributed by atoms with E-state index in [0.717, 1.165) is 56.1 Å². The molecule has 1 aromatic heterocycles. The van der Waals surface area contributed by atoms with E-state index in [1.54, 1.807) is 0 Å². The van der Waals surface area contributed by atoms with Gasteiger partial charge < -0.3 is 9.47 Å². The average molecular weight is 955 g/mol. The summed E-state index contributed by atoms with van der Waals surface area (Å²) in [6.45, 7) is 0. The minimum absolute atomic E-state index is 0.582. The molecule has 0 radical (unpaired) electrons. The van der Waals surface area contributed by atoms with Gasteiger partial charge in [0.2, 0.25) is 0 Å². The Morgan fingerprint density at radius 1 is 0.280 bits per heavy atom. The summed E-state index contributed by atoms with van der Waals surface area (Å²) in [7, 11) is 0. The molecule has 0 spiro atoms. The van der Waals surface area contributed by atoms with Gasteiger partial charge in [-0.25, -0.2) is 0 Å². The number of nitrogens with zero attached hydrogens (tertiary/aromatic N) is 2.